The average molecular weight is 261 g/mol. The van der Waals surface area contributed by atoms with Gasteiger partial charge < -0.3 is 4.74 Å². The maximum Gasteiger partial charge on any atom is 0.136 e. The van der Waals surface area contributed by atoms with E-state index in [1.54, 1.807) is 14.0 Å². The summed E-state index contributed by atoms with van der Waals surface area (Å²) in [6.45, 7) is 3.59. The van der Waals surface area contributed by atoms with Crippen LogP contribution in [0.3, 0.4) is 0 Å². The van der Waals surface area contributed by atoms with Gasteiger partial charge in [0.15, 0.2) is 0 Å². The Balaban J connectivity index is 2.28. The van der Waals surface area contributed by atoms with Gasteiger partial charge in [-0.1, -0.05) is 0 Å². The first kappa shape index (κ1) is 12.8. The minimum absolute atomic E-state index is 0.141. The summed E-state index contributed by atoms with van der Waals surface area (Å²) < 4.78 is 5.23. The fraction of sp³-hybridized carbons (Fsp3) is 0.286. The molecule has 1 heterocycles. The number of thiazole rings is 1. The van der Waals surface area contributed by atoms with Gasteiger partial charge in [-0.3, -0.25) is 4.79 Å². The lowest BCUT2D eigenvalue weighted by Crippen LogP contribution is -1.95. The van der Waals surface area contributed by atoms with Crippen molar-refractivity contribution in [3.05, 3.63) is 34.2 Å². The van der Waals surface area contributed by atoms with Gasteiger partial charge >= 0.3 is 0 Å². The van der Waals surface area contributed by atoms with Crippen molar-refractivity contribution in [3.8, 4) is 17.0 Å². The van der Waals surface area contributed by atoms with E-state index in [-0.39, 0.29) is 5.78 Å². The first-order valence-corrected chi connectivity index (χ1v) is 6.57. The van der Waals surface area contributed by atoms with Crippen LogP contribution in [0.1, 0.15) is 17.5 Å². The summed E-state index contributed by atoms with van der Waals surface area (Å²) in [5, 5.41) is 2.85. The molecule has 0 bridgehead atoms. The third kappa shape index (κ3) is 2.76. The molecule has 0 spiro atoms. The largest absolute Gasteiger partial charge is 0.496 e. The van der Waals surface area contributed by atoms with Gasteiger partial charge in [-0.05, 0) is 37.6 Å². The molecule has 2 rings (SSSR count). The van der Waals surface area contributed by atoms with Crippen molar-refractivity contribution >= 4 is 17.1 Å². The summed E-state index contributed by atoms with van der Waals surface area (Å²) >= 11 is 1.53. The summed E-state index contributed by atoms with van der Waals surface area (Å²) in [5.41, 5.74) is 3.05. The van der Waals surface area contributed by atoms with E-state index in [0.717, 1.165) is 27.6 Å². The SMILES string of the molecule is COc1ccc(-c2csc(CC(C)=O)n2)cc1C. The fourth-order valence-electron chi connectivity index (χ4n) is 1.78. The molecule has 4 heteroatoms. The summed E-state index contributed by atoms with van der Waals surface area (Å²) in [7, 11) is 1.66. The van der Waals surface area contributed by atoms with E-state index in [0.29, 0.717) is 6.42 Å². The molecule has 0 fully saturated rings. The third-order valence-electron chi connectivity index (χ3n) is 2.64. The minimum atomic E-state index is 0.141. The highest BCUT2D eigenvalue weighted by atomic mass is 32.1. The Bertz CT molecular complexity index is 575. The van der Waals surface area contributed by atoms with E-state index in [2.05, 4.69) is 4.98 Å². The van der Waals surface area contributed by atoms with Crippen LogP contribution in [0.5, 0.6) is 5.75 Å². The van der Waals surface area contributed by atoms with Crippen LogP contribution in [0.25, 0.3) is 11.3 Å². The first-order chi connectivity index (χ1) is 8.60. The highest BCUT2D eigenvalue weighted by Gasteiger charge is 2.08. The average Bonchev–Trinajstić information content (AvgIpc) is 2.76. The Morgan fingerprint density at radius 2 is 2.22 bits per heavy atom. The van der Waals surface area contributed by atoms with Gasteiger partial charge in [-0.2, -0.15) is 0 Å². The number of methoxy groups -OCH3 is 1. The Morgan fingerprint density at radius 3 is 2.83 bits per heavy atom. The Morgan fingerprint density at radius 1 is 1.44 bits per heavy atom. The lowest BCUT2D eigenvalue weighted by molar-refractivity contribution is -0.116. The molecule has 0 radical (unpaired) electrons. The number of Topliss-reactive ketones (excluding diaryl/α,β-unsaturated/α-hetero) is 1. The van der Waals surface area contributed by atoms with Gasteiger partial charge in [-0.15, -0.1) is 11.3 Å². The molecule has 0 amide bonds. The molecule has 0 unspecified atom stereocenters. The smallest absolute Gasteiger partial charge is 0.136 e. The molecular weight excluding hydrogens is 246 g/mol. The molecule has 0 aliphatic rings. The second kappa shape index (κ2) is 5.31. The number of ether oxygens (including phenoxy) is 1. The summed E-state index contributed by atoms with van der Waals surface area (Å²) in [6.07, 6.45) is 0.416. The monoisotopic (exact) mass is 261 g/mol. The maximum atomic E-state index is 11.0. The van der Waals surface area contributed by atoms with Gasteiger partial charge in [0.1, 0.15) is 16.5 Å². The maximum absolute atomic E-state index is 11.0. The molecule has 94 valence electrons. The molecule has 3 nitrogen and oxygen atoms in total. The van der Waals surface area contributed by atoms with Crippen LogP contribution < -0.4 is 4.74 Å². The van der Waals surface area contributed by atoms with Crippen LogP contribution in [0.4, 0.5) is 0 Å². The molecule has 18 heavy (non-hydrogen) atoms. The van der Waals surface area contributed by atoms with Crippen molar-refractivity contribution in [2.24, 2.45) is 0 Å². The van der Waals surface area contributed by atoms with Crippen LogP contribution in [0, 0.1) is 6.92 Å². The fourth-order valence-corrected chi connectivity index (χ4v) is 2.65. The Hall–Kier alpha value is -1.68. The second-order valence-corrected chi connectivity index (χ2v) is 5.13. The quantitative estimate of drug-likeness (QED) is 0.848. The molecule has 0 saturated heterocycles. The van der Waals surface area contributed by atoms with Gasteiger partial charge in [0.2, 0.25) is 0 Å². The Labute approximate surface area is 110 Å². The van der Waals surface area contributed by atoms with Crippen molar-refractivity contribution in [2.75, 3.05) is 7.11 Å². The van der Waals surface area contributed by atoms with Crippen molar-refractivity contribution in [3.63, 3.8) is 0 Å². The molecule has 2 aromatic rings. The zero-order valence-electron chi connectivity index (χ0n) is 10.7. The summed E-state index contributed by atoms with van der Waals surface area (Å²) in [4.78, 5) is 15.5. The number of carbonyl (C=O) groups is 1. The predicted octanol–water partition coefficient (Wildman–Crippen LogP) is 3.26. The molecule has 0 atom stereocenters. The van der Waals surface area contributed by atoms with Crippen LogP contribution in [0.2, 0.25) is 0 Å². The van der Waals surface area contributed by atoms with Crippen LogP contribution >= 0.6 is 11.3 Å². The van der Waals surface area contributed by atoms with Crippen LogP contribution in [-0.4, -0.2) is 17.9 Å². The number of aromatic nitrogens is 1. The predicted molar refractivity (Wildman–Crippen MR) is 73.2 cm³/mol. The third-order valence-corrected chi connectivity index (χ3v) is 3.49. The van der Waals surface area contributed by atoms with Gasteiger partial charge in [0.25, 0.3) is 0 Å². The molecular formula is C14H15NO2S. The van der Waals surface area contributed by atoms with E-state index < -0.39 is 0 Å². The van der Waals surface area contributed by atoms with Crippen molar-refractivity contribution in [2.45, 2.75) is 20.3 Å². The molecule has 1 aromatic carbocycles. The lowest BCUT2D eigenvalue weighted by atomic mass is 10.1. The van der Waals surface area contributed by atoms with Crippen molar-refractivity contribution < 1.29 is 9.53 Å². The standard InChI is InChI=1S/C14H15NO2S/c1-9-6-11(4-5-13(9)17-3)12-8-18-14(15-12)7-10(2)16/h4-6,8H,7H2,1-3H3. The number of ketones is 1. The first-order valence-electron chi connectivity index (χ1n) is 5.69. The number of carbonyl (C=O) groups excluding carboxylic acids is 1. The highest BCUT2D eigenvalue weighted by Crippen LogP contribution is 2.27. The normalized spacial score (nSPS) is 10.4. The number of hydrogen-bond donors (Lipinski definition) is 0. The number of aryl methyl sites for hydroxylation is 1. The zero-order chi connectivity index (χ0) is 13.1. The van der Waals surface area contributed by atoms with E-state index in [4.69, 9.17) is 4.74 Å². The van der Waals surface area contributed by atoms with Crippen molar-refractivity contribution in [1.29, 1.82) is 0 Å². The highest BCUT2D eigenvalue weighted by molar-refractivity contribution is 7.10. The minimum Gasteiger partial charge on any atom is -0.496 e. The number of benzene rings is 1. The van der Waals surface area contributed by atoms with Crippen LogP contribution in [0.15, 0.2) is 23.6 Å². The molecule has 1 aromatic heterocycles. The van der Waals surface area contributed by atoms with E-state index in [9.17, 15) is 4.79 Å². The van der Waals surface area contributed by atoms with Gasteiger partial charge in [0, 0.05) is 10.9 Å². The van der Waals surface area contributed by atoms with Crippen LogP contribution in [-0.2, 0) is 11.2 Å². The Kier molecular flexibility index (Phi) is 3.77. The number of nitrogens with zero attached hydrogens (tertiary/aromatic N) is 1. The van der Waals surface area contributed by atoms with E-state index in [1.165, 1.54) is 11.3 Å². The summed E-state index contributed by atoms with van der Waals surface area (Å²) in [6, 6.07) is 5.97. The van der Waals surface area contributed by atoms with Crippen molar-refractivity contribution in [1.82, 2.24) is 4.98 Å². The second-order valence-electron chi connectivity index (χ2n) is 4.19. The molecule has 0 N–H and O–H groups in total. The van der Waals surface area contributed by atoms with E-state index >= 15 is 0 Å². The number of rotatable bonds is 4. The lowest BCUT2D eigenvalue weighted by Gasteiger charge is -2.05. The topological polar surface area (TPSA) is 39.2 Å². The number of hydrogen-bond acceptors (Lipinski definition) is 4. The molecule has 0 aliphatic heterocycles. The molecule has 0 aliphatic carbocycles. The zero-order valence-corrected chi connectivity index (χ0v) is 11.5. The molecule has 0 saturated carbocycles. The van der Waals surface area contributed by atoms with Gasteiger partial charge in [-0.25, -0.2) is 4.98 Å². The van der Waals surface area contributed by atoms with E-state index in [1.807, 2.05) is 30.5 Å². The van der Waals surface area contributed by atoms with Gasteiger partial charge in [0.05, 0.1) is 19.2 Å². The summed E-state index contributed by atoms with van der Waals surface area (Å²) in [5.74, 6) is 1.01.